The molecule has 0 N–H and O–H groups in total. The Morgan fingerprint density at radius 1 is 0.700 bits per heavy atom. The maximum Gasteiger partial charge on any atom is 0.164 e. The molecule has 0 radical (unpaired) electrons. The minimum absolute atomic E-state index is 0.0128. The largest absolute Gasteiger partial charge is 0.294 e. The molecule has 0 unspecified atom stereocenters. The van der Waals surface area contributed by atoms with Gasteiger partial charge in [0.1, 0.15) is 0 Å². The van der Waals surface area contributed by atoms with E-state index in [-0.39, 0.29) is 23.7 Å². The Balaban J connectivity index is 1.58. The summed E-state index contributed by atoms with van der Waals surface area (Å²) < 4.78 is 0. The fourth-order valence-electron chi connectivity index (χ4n) is 6.06. The van der Waals surface area contributed by atoms with Crippen molar-refractivity contribution in [2.24, 2.45) is 47.3 Å². The molecule has 2 heteroatoms. The molecule has 4 bridgehead atoms. The van der Waals surface area contributed by atoms with E-state index < -0.39 is 0 Å². The number of carbonyl (C=O) groups excluding carboxylic acids is 2. The maximum atomic E-state index is 13.1. The summed E-state index contributed by atoms with van der Waals surface area (Å²) in [5, 5.41) is 0. The van der Waals surface area contributed by atoms with Gasteiger partial charge in [-0.15, -0.1) is 0 Å². The van der Waals surface area contributed by atoms with Gasteiger partial charge in [0.25, 0.3) is 0 Å². The summed E-state index contributed by atoms with van der Waals surface area (Å²) in [5.41, 5.74) is 1.90. The van der Waals surface area contributed by atoms with Gasteiger partial charge in [-0.1, -0.05) is 24.3 Å². The van der Waals surface area contributed by atoms with E-state index in [0.717, 1.165) is 17.6 Å². The normalized spacial score (nSPS) is 56.2. The van der Waals surface area contributed by atoms with Crippen molar-refractivity contribution in [3.8, 4) is 0 Å². The van der Waals surface area contributed by atoms with E-state index in [1.807, 2.05) is 0 Å². The molecule has 0 saturated heterocycles. The van der Waals surface area contributed by atoms with Crippen LogP contribution in [0.1, 0.15) is 12.8 Å². The molecule has 7 aliphatic rings. The van der Waals surface area contributed by atoms with Crippen molar-refractivity contribution < 1.29 is 9.59 Å². The molecular formula is C18H16O2. The van der Waals surface area contributed by atoms with Crippen molar-refractivity contribution in [3.05, 3.63) is 35.5 Å². The average molecular weight is 264 g/mol. The summed E-state index contributed by atoms with van der Waals surface area (Å²) >= 11 is 0. The molecule has 0 heterocycles. The number of Topliss-reactive ketones (excluding diaryl/α,β-unsaturated/α-hetero) is 2. The minimum Gasteiger partial charge on any atom is -0.294 e. The van der Waals surface area contributed by atoms with Gasteiger partial charge in [0.15, 0.2) is 11.6 Å². The van der Waals surface area contributed by atoms with E-state index in [9.17, 15) is 9.59 Å². The Morgan fingerprint density at radius 3 is 1.70 bits per heavy atom. The third kappa shape index (κ3) is 0.905. The highest BCUT2D eigenvalue weighted by atomic mass is 16.1. The molecule has 0 aliphatic heterocycles. The first-order valence-electron chi connectivity index (χ1n) is 7.95. The molecule has 7 aliphatic carbocycles. The summed E-state index contributed by atoms with van der Waals surface area (Å²) in [7, 11) is 0. The Hall–Kier alpha value is -1.44. The molecule has 0 spiro atoms. The smallest absolute Gasteiger partial charge is 0.164 e. The van der Waals surface area contributed by atoms with Crippen molar-refractivity contribution in [2.45, 2.75) is 12.8 Å². The van der Waals surface area contributed by atoms with Gasteiger partial charge >= 0.3 is 0 Å². The lowest BCUT2D eigenvalue weighted by molar-refractivity contribution is -0.132. The van der Waals surface area contributed by atoms with E-state index in [4.69, 9.17) is 0 Å². The quantitative estimate of drug-likeness (QED) is 0.629. The molecule has 2 nitrogen and oxygen atoms in total. The summed E-state index contributed by atoms with van der Waals surface area (Å²) in [6.07, 6.45) is 11.1. The Labute approximate surface area is 117 Å². The Bertz CT molecular complexity index is 626. The number of ketones is 2. The van der Waals surface area contributed by atoms with Gasteiger partial charge < -0.3 is 0 Å². The molecule has 0 aromatic rings. The highest BCUT2D eigenvalue weighted by Crippen LogP contribution is 2.65. The standard InChI is InChI=1S/C18H16O2/c19-17-13-7-1-2-8(5-7)14(13)18(20)16-10-4-3-9(15(16)17)11-6-12(10)11/h1-4,7-14H,5-6H2/t7-,8+,9+,10-,11-,12+,13-,14+. The molecule has 0 aromatic heterocycles. The second-order valence-electron chi connectivity index (χ2n) is 7.56. The second-order valence-corrected chi connectivity index (χ2v) is 7.56. The highest BCUT2D eigenvalue weighted by Gasteiger charge is 2.63. The molecule has 2 fully saturated rings. The maximum absolute atomic E-state index is 13.1. The first-order chi connectivity index (χ1) is 9.75. The van der Waals surface area contributed by atoms with Crippen LogP contribution >= 0.6 is 0 Å². The SMILES string of the molecule is O=C1C2=C(C(=O)[C@H]3[C@@H]1[C@H]1C=C[C@@H]3C1)[C@H]1C=C[C@@H]2[C@@H]2C[C@@H]21. The number of rotatable bonds is 0. The Kier molecular flexibility index (Phi) is 1.51. The fraction of sp³-hybridized carbons (Fsp3) is 0.556. The third-order valence-corrected chi connectivity index (χ3v) is 6.89. The van der Waals surface area contributed by atoms with Crippen LogP contribution in [0, 0.1) is 47.3 Å². The lowest BCUT2D eigenvalue weighted by Gasteiger charge is -2.42. The van der Waals surface area contributed by atoms with E-state index in [1.54, 1.807) is 0 Å². The summed E-state index contributed by atoms with van der Waals surface area (Å²) in [5.74, 6) is 3.24. The second kappa shape index (κ2) is 2.93. The average Bonchev–Trinajstić information content (AvgIpc) is 3.06. The Morgan fingerprint density at radius 2 is 1.20 bits per heavy atom. The van der Waals surface area contributed by atoms with Crippen LogP contribution in [0.25, 0.3) is 0 Å². The van der Waals surface area contributed by atoms with Crippen LogP contribution in [0.2, 0.25) is 0 Å². The van der Waals surface area contributed by atoms with E-state index in [2.05, 4.69) is 24.3 Å². The zero-order valence-electron chi connectivity index (χ0n) is 11.2. The molecular weight excluding hydrogens is 248 g/mol. The van der Waals surface area contributed by atoms with Crippen LogP contribution in [0.15, 0.2) is 35.5 Å². The summed E-state index contributed by atoms with van der Waals surface area (Å²) in [4.78, 5) is 26.1. The number of allylic oxidation sites excluding steroid dienone is 6. The van der Waals surface area contributed by atoms with Gasteiger partial charge in [0.05, 0.1) is 0 Å². The molecule has 7 rings (SSSR count). The van der Waals surface area contributed by atoms with Gasteiger partial charge in [-0.25, -0.2) is 0 Å². The van der Waals surface area contributed by atoms with E-state index >= 15 is 0 Å². The predicted molar refractivity (Wildman–Crippen MR) is 72.5 cm³/mol. The van der Waals surface area contributed by atoms with Crippen LogP contribution in [0.4, 0.5) is 0 Å². The van der Waals surface area contributed by atoms with Gasteiger partial charge in [0, 0.05) is 34.8 Å². The lowest BCUT2D eigenvalue weighted by Crippen LogP contribution is -2.46. The van der Waals surface area contributed by atoms with Crippen LogP contribution in [-0.2, 0) is 9.59 Å². The molecule has 0 amide bonds. The lowest BCUT2D eigenvalue weighted by atomic mass is 9.59. The monoisotopic (exact) mass is 264 g/mol. The zero-order valence-corrected chi connectivity index (χ0v) is 11.2. The van der Waals surface area contributed by atoms with Gasteiger partial charge in [-0.3, -0.25) is 9.59 Å². The topological polar surface area (TPSA) is 34.1 Å². The third-order valence-electron chi connectivity index (χ3n) is 6.89. The highest BCUT2D eigenvalue weighted by molar-refractivity contribution is 6.16. The van der Waals surface area contributed by atoms with Crippen LogP contribution in [0.5, 0.6) is 0 Å². The minimum atomic E-state index is -0.0128. The van der Waals surface area contributed by atoms with Crippen LogP contribution in [0.3, 0.4) is 0 Å². The number of carbonyl (C=O) groups is 2. The summed E-state index contributed by atoms with van der Waals surface area (Å²) in [6, 6.07) is 0. The van der Waals surface area contributed by atoms with Crippen LogP contribution in [-0.4, -0.2) is 11.6 Å². The van der Waals surface area contributed by atoms with Crippen LogP contribution < -0.4 is 0 Å². The molecule has 2 saturated carbocycles. The van der Waals surface area contributed by atoms with Crippen molar-refractivity contribution in [2.75, 3.05) is 0 Å². The molecule has 0 aromatic carbocycles. The zero-order chi connectivity index (χ0) is 13.2. The molecule has 20 heavy (non-hydrogen) atoms. The van der Waals surface area contributed by atoms with Crippen molar-refractivity contribution in [1.82, 2.24) is 0 Å². The first kappa shape index (κ1) is 10.3. The molecule has 100 valence electrons. The number of hydrogen-bond donors (Lipinski definition) is 0. The predicted octanol–water partition coefficient (Wildman–Crippen LogP) is 2.33. The van der Waals surface area contributed by atoms with E-state index in [0.29, 0.717) is 35.2 Å². The van der Waals surface area contributed by atoms with Gasteiger partial charge in [0.2, 0.25) is 0 Å². The first-order valence-corrected chi connectivity index (χ1v) is 7.95. The van der Waals surface area contributed by atoms with E-state index in [1.165, 1.54) is 6.42 Å². The van der Waals surface area contributed by atoms with Crippen molar-refractivity contribution >= 4 is 11.6 Å². The fourth-order valence-corrected chi connectivity index (χ4v) is 6.06. The van der Waals surface area contributed by atoms with Gasteiger partial charge in [-0.2, -0.15) is 0 Å². The van der Waals surface area contributed by atoms with Crippen molar-refractivity contribution in [3.63, 3.8) is 0 Å². The number of fused-ring (bicyclic) bond motifs is 5. The number of hydrogen-bond acceptors (Lipinski definition) is 2. The van der Waals surface area contributed by atoms with Gasteiger partial charge in [-0.05, 0) is 36.5 Å². The molecule has 8 atom stereocenters. The summed E-state index contributed by atoms with van der Waals surface area (Å²) in [6.45, 7) is 0. The van der Waals surface area contributed by atoms with Crippen molar-refractivity contribution in [1.29, 1.82) is 0 Å².